The molecule has 0 aromatic rings. The predicted molar refractivity (Wildman–Crippen MR) is 57.9 cm³/mol. The van der Waals surface area contributed by atoms with Gasteiger partial charge in [-0.1, -0.05) is 28.6 Å². The fourth-order valence-electron chi connectivity index (χ4n) is 1.25. The van der Waals surface area contributed by atoms with E-state index in [2.05, 4.69) is 33.5 Å². The van der Waals surface area contributed by atoms with Gasteiger partial charge in [-0.15, -0.1) is 11.6 Å². The molecule has 0 N–H and O–H groups in total. The summed E-state index contributed by atoms with van der Waals surface area (Å²) in [5.74, 6) is 0.567. The molecule has 0 atom stereocenters. The Morgan fingerprint density at radius 3 is 3.08 bits per heavy atom. The first kappa shape index (κ1) is 10.3. The minimum absolute atomic E-state index is 0.567. The van der Waals surface area contributed by atoms with Gasteiger partial charge in [-0.3, -0.25) is 4.90 Å². The second kappa shape index (κ2) is 5.05. The Bertz CT molecular complexity index is 201. The van der Waals surface area contributed by atoms with Crippen LogP contribution in [0.15, 0.2) is 22.7 Å². The number of hydrogen-bond acceptors (Lipinski definition) is 1. The van der Waals surface area contributed by atoms with Crippen molar-refractivity contribution in [2.45, 2.75) is 6.42 Å². The van der Waals surface area contributed by atoms with Gasteiger partial charge in [0.05, 0.1) is 0 Å². The minimum atomic E-state index is 0.567. The summed E-state index contributed by atoms with van der Waals surface area (Å²) in [6.07, 6.45) is 3.34. The van der Waals surface area contributed by atoms with E-state index in [0.717, 1.165) is 31.6 Å². The molecule has 0 unspecified atom stereocenters. The number of rotatable bonds is 3. The fraction of sp³-hybridized carbons (Fsp3) is 0.556. The SMILES string of the molecule is C=C(CCl)CN1CCC=C(Br)C1. The van der Waals surface area contributed by atoms with Crippen molar-refractivity contribution < 1.29 is 0 Å². The van der Waals surface area contributed by atoms with Crippen LogP contribution < -0.4 is 0 Å². The zero-order chi connectivity index (χ0) is 8.97. The standard InChI is InChI=1S/C9H13BrClN/c1-8(5-11)6-12-4-2-3-9(10)7-12/h3H,1-2,4-7H2. The van der Waals surface area contributed by atoms with Gasteiger partial charge < -0.3 is 0 Å². The van der Waals surface area contributed by atoms with Crippen LogP contribution in [-0.2, 0) is 0 Å². The lowest BCUT2D eigenvalue weighted by molar-refractivity contribution is 0.322. The summed E-state index contributed by atoms with van der Waals surface area (Å²) in [6, 6.07) is 0. The molecule has 1 nitrogen and oxygen atoms in total. The van der Waals surface area contributed by atoms with Gasteiger partial charge in [-0.05, 0) is 12.0 Å². The highest BCUT2D eigenvalue weighted by Gasteiger charge is 2.10. The van der Waals surface area contributed by atoms with E-state index in [-0.39, 0.29) is 0 Å². The first-order valence-corrected chi connectivity index (χ1v) is 5.34. The van der Waals surface area contributed by atoms with Crippen molar-refractivity contribution in [1.29, 1.82) is 0 Å². The van der Waals surface area contributed by atoms with E-state index in [1.807, 2.05) is 0 Å². The normalized spacial score (nSPS) is 19.0. The largest absolute Gasteiger partial charge is 0.294 e. The topological polar surface area (TPSA) is 3.24 Å². The molecular formula is C9H13BrClN. The summed E-state index contributed by atoms with van der Waals surface area (Å²) < 4.78 is 1.27. The van der Waals surface area contributed by atoms with Crippen LogP contribution in [0.4, 0.5) is 0 Å². The Hall–Kier alpha value is 0.210. The van der Waals surface area contributed by atoms with Crippen LogP contribution in [0.1, 0.15) is 6.42 Å². The van der Waals surface area contributed by atoms with Gasteiger partial charge in [0.1, 0.15) is 0 Å². The summed E-state index contributed by atoms with van der Waals surface area (Å²) in [4.78, 5) is 2.34. The smallest absolute Gasteiger partial charge is 0.0443 e. The Balaban J connectivity index is 2.35. The molecule has 68 valence electrons. The van der Waals surface area contributed by atoms with Crippen LogP contribution in [0.5, 0.6) is 0 Å². The minimum Gasteiger partial charge on any atom is -0.294 e. The van der Waals surface area contributed by atoms with Gasteiger partial charge in [-0.2, -0.15) is 0 Å². The second-order valence-electron chi connectivity index (χ2n) is 3.03. The Kier molecular flexibility index (Phi) is 4.33. The molecule has 1 rings (SSSR count). The molecule has 1 aliphatic heterocycles. The van der Waals surface area contributed by atoms with Gasteiger partial charge in [0.25, 0.3) is 0 Å². The Morgan fingerprint density at radius 2 is 2.50 bits per heavy atom. The van der Waals surface area contributed by atoms with E-state index in [9.17, 15) is 0 Å². The summed E-state index contributed by atoms with van der Waals surface area (Å²) in [7, 11) is 0. The van der Waals surface area contributed by atoms with Crippen LogP contribution in [0.2, 0.25) is 0 Å². The third kappa shape index (κ3) is 3.30. The van der Waals surface area contributed by atoms with Crippen molar-refractivity contribution in [3.05, 3.63) is 22.7 Å². The van der Waals surface area contributed by atoms with Crippen LogP contribution in [0, 0.1) is 0 Å². The number of halogens is 2. The third-order valence-corrected chi connectivity index (χ3v) is 2.77. The lowest BCUT2D eigenvalue weighted by atomic mass is 10.2. The third-order valence-electron chi connectivity index (χ3n) is 1.82. The van der Waals surface area contributed by atoms with E-state index in [1.54, 1.807) is 0 Å². The zero-order valence-corrected chi connectivity index (χ0v) is 9.37. The van der Waals surface area contributed by atoms with Gasteiger partial charge in [0.15, 0.2) is 0 Å². The van der Waals surface area contributed by atoms with Crippen LogP contribution >= 0.6 is 27.5 Å². The average Bonchev–Trinajstić information content (AvgIpc) is 2.04. The highest BCUT2D eigenvalue weighted by Crippen LogP contribution is 2.15. The lowest BCUT2D eigenvalue weighted by Gasteiger charge is -2.25. The molecule has 0 amide bonds. The van der Waals surface area contributed by atoms with E-state index in [0.29, 0.717) is 5.88 Å². The molecule has 3 heteroatoms. The maximum Gasteiger partial charge on any atom is 0.0443 e. The van der Waals surface area contributed by atoms with Gasteiger partial charge >= 0.3 is 0 Å². The molecule has 1 heterocycles. The first-order valence-electron chi connectivity index (χ1n) is 4.02. The second-order valence-corrected chi connectivity index (χ2v) is 4.32. The molecule has 0 aromatic heterocycles. The predicted octanol–water partition coefficient (Wildman–Crippen LogP) is 2.77. The van der Waals surface area contributed by atoms with E-state index in [4.69, 9.17) is 11.6 Å². The highest BCUT2D eigenvalue weighted by molar-refractivity contribution is 9.11. The molecule has 1 aliphatic rings. The van der Waals surface area contributed by atoms with Crippen molar-refractivity contribution in [3.63, 3.8) is 0 Å². The maximum absolute atomic E-state index is 5.66. The quantitative estimate of drug-likeness (QED) is 0.550. The molecule has 0 spiro atoms. The molecule has 0 aliphatic carbocycles. The van der Waals surface area contributed by atoms with Crippen molar-refractivity contribution in [2.24, 2.45) is 0 Å². The maximum atomic E-state index is 5.66. The monoisotopic (exact) mass is 249 g/mol. The molecule has 0 bridgehead atoms. The molecule has 0 saturated heterocycles. The van der Waals surface area contributed by atoms with Gasteiger partial charge in [-0.25, -0.2) is 0 Å². The molecule has 0 saturated carbocycles. The van der Waals surface area contributed by atoms with Crippen molar-refractivity contribution >= 4 is 27.5 Å². The molecule has 12 heavy (non-hydrogen) atoms. The van der Waals surface area contributed by atoms with Crippen LogP contribution in [0.25, 0.3) is 0 Å². The van der Waals surface area contributed by atoms with Crippen LogP contribution in [-0.4, -0.2) is 30.4 Å². The van der Waals surface area contributed by atoms with E-state index in [1.165, 1.54) is 4.48 Å². The van der Waals surface area contributed by atoms with Crippen LogP contribution in [0.3, 0.4) is 0 Å². The van der Waals surface area contributed by atoms with E-state index >= 15 is 0 Å². The molecule has 0 radical (unpaired) electrons. The zero-order valence-electron chi connectivity index (χ0n) is 7.02. The van der Waals surface area contributed by atoms with Crippen molar-refractivity contribution in [1.82, 2.24) is 4.90 Å². The summed E-state index contributed by atoms with van der Waals surface area (Å²) in [6.45, 7) is 6.92. The lowest BCUT2D eigenvalue weighted by Crippen LogP contribution is -2.30. The van der Waals surface area contributed by atoms with Crippen molar-refractivity contribution in [3.8, 4) is 0 Å². The number of hydrogen-bond donors (Lipinski definition) is 0. The number of alkyl halides is 1. The summed E-state index contributed by atoms with van der Waals surface area (Å²) in [5, 5.41) is 0. The van der Waals surface area contributed by atoms with E-state index < -0.39 is 0 Å². The average molecular weight is 251 g/mol. The first-order chi connectivity index (χ1) is 5.72. The van der Waals surface area contributed by atoms with Gasteiger partial charge in [0.2, 0.25) is 0 Å². The number of nitrogens with zero attached hydrogens (tertiary/aromatic N) is 1. The van der Waals surface area contributed by atoms with Gasteiger partial charge in [0, 0.05) is 30.0 Å². The fourth-order valence-corrected chi connectivity index (χ4v) is 1.92. The molecule has 0 fully saturated rings. The Labute approximate surface area is 87.2 Å². The van der Waals surface area contributed by atoms with Crippen molar-refractivity contribution in [2.75, 3.05) is 25.5 Å². The molecular weight excluding hydrogens is 237 g/mol. The summed E-state index contributed by atoms with van der Waals surface area (Å²) in [5.41, 5.74) is 1.10. The summed E-state index contributed by atoms with van der Waals surface area (Å²) >= 11 is 9.15. The Morgan fingerprint density at radius 1 is 1.75 bits per heavy atom. The molecule has 0 aromatic carbocycles. The highest BCUT2D eigenvalue weighted by atomic mass is 79.9.